The average molecular weight is 339 g/mol. The molecule has 1 N–H and O–H groups in total. The Kier molecular flexibility index (Phi) is 5.00. The molecule has 2 nitrogen and oxygen atoms in total. The van der Waals surface area contributed by atoms with Gasteiger partial charge in [0.05, 0.1) is 6.42 Å². The van der Waals surface area contributed by atoms with Crippen LogP contribution in [0.1, 0.15) is 11.1 Å². The topological polar surface area (TPSA) is 29.1 Å². The number of benzene rings is 2. The summed E-state index contributed by atoms with van der Waals surface area (Å²) in [5, 5.41) is 3.54. The monoisotopic (exact) mass is 337 g/mol. The van der Waals surface area contributed by atoms with Gasteiger partial charge in [0, 0.05) is 16.0 Å². The lowest BCUT2D eigenvalue weighted by Gasteiger charge is -2.08. The van der Waals surface area contributed by atoms with Crippen molar-refractivity contribution in [3.8, 4) is 0 Å². The first-order valence-electron chi connectivity index (χ1n) is 5.90. The second-order valence-corrected chi connectivity index (χ2v) is 5.40. The summed E-state index contributed by atoms with van der Waals surface area (Å²) in [6.45, 7) is 0.447. The molecule has 19 heavy (non-hydrogen) atoms. The van der Waals surface area contributed by atoms with E-state index in [0.29, 0.717) is 18.0 Å². The highest BCUT2D eigenvalue weighted by Gasteiger charge is 2.07. The van der Waals surface area contributed by atoms with Gasteiger partial charge in [0.2, 0.25) is 5.91 Å². The summed E-state index contributed by atoms with van der Waals surface area (Å²) in [5.41, 5.74) is 1.89. The van der Waals surface area contributed by atoms with Crippen molar-refractivity contribution >= 4 is 33.4 Å². The fourth-order valence-corrected chi connectivity index (χ4v) is 2.34. The van der Waals surface area contributed by atoms with Gasteiger partial charge in [-0.1, -0.05) is 63.9 Å². The second kappa shape index (κ2) is 6.73. The molecule has 2 aromatic rings. The summed E-state index contributed by atoms with van der Waals surface area (Å²) in [5.74, 6) is -0.0215. The van der Waals surface area contributed by atoms with Gasteiger partial charge in [-0.15, -0.1) is 0 Å². The molecular weight excluding hydrogens is 326 g/mol. The maximum atomic E-state index is 11.9. The molecule has 0 aliphatic carbocycles. The Hall–Kier alpha value is -1.32. The van der Waals surface area contributed by atoms with E-state index in [1.165, 1.54) is 0 Å². The number of halogens is 2. The van der Waals surface area contributed by atoms with Crippen LogP contribution in [0.3, 0.4) is 0 Å². The van der Waals surface area contributed by atoms with Gasteiger partial charge in [-0.25, -0.2) is 0 Å². The molecule has 0 aliphatic rings. The molecule has 0 saturated heterocycles. The SMILES string of the molecule is O=C(Cc1ccccc1Br)NCc1ccccc1Cl. The first kappa shape index (κ1) is 14.1. The summed E-state index contributed by atoms with van der Waals surface area (Å²) in [7, 11) is 0. The van der Waals surface area contributed by atoms with Crippen LogP contribution >= 0.6 is 27.5 Å². The Balaban J connectivity index is 1.92. The Morgan fingerprint density at radius 1 is 1.05 bits per heavy atom. The zero-order valence-corrected chi connectivity index (χ0v) is 12.5. The number of carbonyl (C=O) groups excluding carboxylic acids is 1. The van der Waals surface area contributed by atoms with Crippen molar-refractivity contribution in [2.45, 2.75) is 13.0 Å². The maximum Gasteiger partial charge on any atom is 0.224 e. The molecular formula is C15H13BrClNO. The minimum absolute atomic E-state index is 0.0215. The number of amides is 1. The third kappa shape index (κ3) is 4.08. The van der Waals surface area contributed by atoms with Gasteiger partial charge in [-0.3, -0.25) is 4.79 Å². The predicted octanol–water partition coefficient (Wildman–Crippen LogP) is 3.96. The maximum absolute atomic E-state index is 11.9. The van der Waals surface area contributed by atoms with Gasteiger partial charge in [-0.05, 0) is 23.3 Å². The van der Waals surface area contributed by atoms with Crippen LogP contribution in [0.25, 0.3) is 0 Å². The van der Waals surface area contributed by atoms with Gasteiger partial charge in [-0.2, -0.15) is 0 Å². The third-order valence-electron chi connectivity index (χ3n) is 2.74. The Labute approximate surface area is 125 Å². The quantitative estimate of drug-likeness (QED) is 0.898. The zero-order chi connectivity index (χ0) is 13.7. The van der Waals surface area contributed by atoms with Crippen molar-refractivity contribution in [2.75, 3.05) is 0 Å². The molecule has 0 spiro atoms. The number of hydrogen-bond acceptors (Lipinski definition) is 1. The average Bonchev–Trinajstić information content (AvgIpc) is 2.40. The highest BCUT2D eigenvalue weighted by Crippen LogP contribution is 2.17. The molecule has 0 unspecified atom stereocenters. The molecule has 0 aromatic heterocycles. The third-order valence-corrected chi connectivity index (χ3v) is 3.89. The molecule has 0 radical (unpaired) electrons. The summed E-state index contributed by atoms with van der Waals surface area (Å²) in [6.07, 6.45) is 0.353. The van der Waals surface area contributed by atoms with Gasteiger partial charge < -0.3 is 5.32 Å². The molecule has 0 atom stereocenters. The molecule has 2 rings (SSSR count). The Morgan fingerprint density at radius 2 is 1.68 bits per heavy atom. The first-order chi connectivity index (χ1) is 9.16. The van der Waals surface area contributed by atoms with Gasteiger partial charge in [0.1, 0.15) is 0 Å². The van der Waals surface area contributed by atoms with Crippen molar-refractivity contribution < 1.29 is 4.79 Å². The normalized spacial score (nSPS) is 10.2. The van der Waals surface area contributed by atoms with E-state index in [0.717, 1.165) is 15.6 Å². The zero-order valence-electron chi connectivity index (χ0n) is 10.2. The standard InChI is InChI=1S/C15H13BrClNO/c16-13-7-3-1-5-11(13)9-15(19)18-10-12-6-2-4-8-14(12)17/h1-8H,9-10H2,(H,18,19). The van der Waals surface area contributed by atoms with Crippen molar-refractivity contribution in [3.63, 3.8) is 0 Å². The number of carbonyl (C=O) groups is 1. The van der Waals surface area contributed by atoms with Crippen molar-refractivity contribution in [3.05, 3.63) is 69.2 Å². The summed E-state index contributed by atoms with van der Waals surface area (Å²) in [4.78, 5) is 11.9. The van der Waals surface area contributed by atoms with Gasteiger partial charge >= 0.3 is 0 Å². The van der Waals surface area contributed by atoms with Gasteiger partial charge in [0.25, 0.3) is 0 Å². The smallest absolute Gasteiger partial charge is 0.224 e. The Morgan fingerprint density at radius 3 is 2.37 bits per heavy atom. The molecule has 0 aliphatic heterocycles. The van der Waals surface area contributed by atoms with Crippen LogP contribution in [0.15, 0.2) is 53.0 Å². The fraction of sp³-hybridized carbons (Fsp3) is 0.133. The van der Waals surface area contributed by atoms with Crippen LogP contribution in [-0.2, 0) is 17.8 Å². The van der Waals surface area contributed by atoms with Crippen molar-refractivity contribution in [1.82, 2.24) is 5.32 Å². The van der Waals surface area contributed by atoms with Crippen LogP contribution in [0.4, 0.5) is 0 Å². The lowest BCUT2D eigenvalue weighted by Crippen LogP contribution is -2.24. The van der Waals surface area contributed by atoms with E-state index in [1.54, 1.807) is 0 Å². The highest BCUT2D eigenvalue weighted by molar-refractivity contribution is 9.10. The lowest BCUT2D eigenvalue weighted by molar-refractivity contribution is -0.120. The summed E-state index contributed by atoms with van der Waals surface area (Å²) >= 11 is 9.47. The predicted molar refractivity (Wildman–Crippen MR) is 81.1 cm³/mol. The molecule has 0 heterocycles. The summed E-state index contributed by atoms with van der Waals surface area (Å²) in [6, 6.07) is 15.2. The lowest BCUT2D eigenvalue weighted by atomic mass is 10.1. The fourth-order valence-electron chi connectivity index (χ4n) is 1.71. The van der Waals surface area contributed by atoms with Crippen LogP contribution in [0.2, 0.25) is 5.02 Å². The molecule has 1 amide bonds. The van der Waals surface area contributed by atoms with Crippen molar-refractivity contribution in [2.24, 2.45) is 0 Å². The van der Waals surface area contributed by atoms with E-state index in [2.05, 4.69) is 21.2 Å². The van der Waals surface area contributed by atoms with Crippen LogP contribution < -0.4 is 5.32 Å². The van der Waals surface area contributed by atoms with Crippen LogP contribution in [-0.4, -0.2) is 5.91 Å². The minimum atomic E-state index is -0.0215. The van der Waals surface area contributed by atoms with E-state index >= 15 is 0 Å². The van der Waals surface area contributed by atoms with E-state index in [-0.39, 0.29) is 5.91 Å². The Bertz CT molecular complexity index is 586. The molecule has 0 saturated carbocycles. The molecule has 0 fully saturated rings. The molecule has 0 bridgehead atoms. The van der Waals surface area contributed by atoms with Crippen molar-refractivity contribution in [1.29, 1.82) is 0 Å². The molecule has 4 heteroatoms. The molecule has 2 aromatic carbocycles. The van der Waals surface area contributed by atoms with Gasteiger partial charge in [0.15, 0.2) is 0 Å². The largest absolute Gasteiger partial charge is 0.352 e. The van der Waals surface area contributed by atoms with E-state index in [1.807, 2.05) is 48.5 Å². The second-order valence-electron chi connectivity index (χ2n) is 4.14. The highest BCUT2D eigenvalue weighted by atomic mass is 79.9. The number of hydrogen-bond donors (Lipinski definition) is 1. The minimum Gasteiger partial charge on any atom is -0.352 e. The van der Waals surface area contributed by atoms with E-state index in [4.69, 9.17) is 11.6 Å². The molecule has 98 valence electrons. The number of rotatable bonds is 4. The first-order valence-corrected chi connectivity index (χ1v) is 7.07. The van der Waals surface area contributed by atoms with Crippen LogP contribution in [0.5, 0.6) is 0 Å². The van der Waals surface area contributed by atoms with Crippen LogP contribution in [0, 0.1) is 0 Å². The summed E-state index contributed by atoms with van der Waals surface area (Å²) < 4.78 is 0.947. The van der Waals surface area contributed by atoms with E-state index < -0.39 is 0 Å². The van der Waals surface area contributed by atoms with E-state index in [9.17, 15) is 4.79 Å². The number of nitrogens with one attached hydrogen (secondary N) is 1.